The molecule has 0 saturated carbocycles. The van der Waals surface area contributed by atoms with Gasteiger partial charge in [-0.3, -0.25) is 0 Å². The van der Waals surface area contributed by atoms with E-state index in [1.807, 2.05) is 55.9 Å². The zero-order valence-corrected chi connectivity index (χ0v) is 20.4. The number of nitrogens with zero attached hydrogens (tertiary/aromatic N) is 5. The van der Waals surface area contributed by atoms with Crippen LogP contribution in [0.5, 0.6) is 11.6 Å². The maximum Gasteiger partial charge on any atom is 0.249 e. The molecule has 0 aliphatic rings. The van der Waals surface area contributed by atoms with E-state index in [1.54, 1.807) is 36.4 Å². The Bertz CT molecular complexity index is 1720. The zero-order chi connectivity index (χ0) is 26.1. The largest absolute Gasteiger partial charge is 0.436 e. The highest BCUT2D eigenvalue weighted by Gasteiger charge is 2.17. The number of fused-ring (bicyclic) bond motifs is 1. The third kappa shape index (κ3) is 4.56. The molecule has 8 heteroatoms. The van der Waals surface area contributed by atoms with Gasteiger partial charge < -0.3 is 14.6 Å². The van der Waals surface area contributed by atoms with Gasteiger partial charge in [-0.15, -0.1) is 0 Å². The Morgan fingerprint density at radius 1 is 0.892 bits per heavy atom. The summed E-state index contributed by atoms with van der Waals surface area (Å²) in [6.07, 6.45) is 1.89. The molecule has 0 aliphatic carbocycles. The lowest BCUT2D eigenvalue weighted by Gasteiger charge is -2.16. The molecule has 7 nitrogen and oxygen atoms in total. The van der Waals surface area contributed by atoms with Crippen LogP contribution in [0.1, 0.15) is 22.3 Å². The predicted octanol–water partition coefficient (Wildman–Crippen LogP) is 6.67. The van der Waals surface area contributed by atoms with E-state index in [0.717, 1.165) is 33.5 Å². The van der Waals surface area contributed by atoms with Crippen molar-refractivity contribution in [2.75, 3.05) is 5.32 Å². The molecule has 0 aliphatic heterocycles. The summed E-state index contributed by atoms with van der Waals surface area (Å²) in [6, 6.07) is 21.3. The van der Waals surface area contributed by atoms with Crippen LogP contribution in [0.15, 0.2) is 66.9 Å². The van der Waals surface area contributed by atoms with Crippen molar-refractivity contribution in [1.82, 2.24) is 14.5 Å². The van der Waals surface area contributed by atoms with Crippen molar-refractivity contribution in [2.45, 2.75) is 13.8 Å². The van der Waals surface area contributed by atoms with Crippen molar-refractivity contribution >= 4 is 22.7 Å². The predicted molar refractivity (Wildman–Crippen MR) is 139 cm³/mol. The number of hydrogen-bond donors (Lipinski definition) is 1. The van der Waals surface area contributed by atoms with Crippen molar-refractivity contribution < 1.29 is 9.13 Å². The van der Waals surface area contributed by atoms with E-state index in [1.165, 1.54) is 6.07 Å². The van der Waals surface area contributed by atoms with E-state index in [2.05, 4.69) is 21.4 Å². The number of ether oxygens (including phenoxy) is 1. The Balaban J connectivity index is 1.52. The molecule has 5 rings (SSSR count). The number of aromatic nitrogens is 3. The summed E-state index contributed by atoms with van der Waals surface area (Å²) >= 11 is 0. The first kappa shape index (κ1) is 23.5. The summed E-state index contributed by atoms with van der Waals surface area (Å²) in [5, 5.41) is 21.4. The minimum Gasteiger partial charge on any atom is -0.436 e. The summed E-state index contributed by atoms with van der Waals surface area (Å²) in [7, 11) is 1.90. The van der Waals surface area contributed by atoms with Crippen molar-refractivity contribution in [3.63, 3.8) is 0 Å². The molecule has 0 bridgehead atoms. The first-order valence-corrected chi connectivity index (χ1v) is 11.5. The second kappa shape index (κ2) is 9.44. The third-order valence-corrected chi connectivity index (χ3v) is 6.04. The van der Waals surface area contributed by atoms with E-state index >= 15 is 0 Å². The summed E-state index contributed by atoms with van der Waals surface area (Å²) < 4.78 is 22.1. The molecule has 37 heavy (non-hydrogen) atoms. The first-order valence-electron chi connectivity index (χ1n) is 11.5. The van der Waals surface area contributed by atoms with Gasteiger partial charge in [-0.2, -0.15) is 15.5 Å². The number of nitrogens with one attached hydrogen (secondary N) is 1. The third-order valence-electron chi connectivity index (χ3n) is 6.04. The fraction of sp³-hybridized carbons (Fsp3) is 0.103. The van der Waals surface area contributed by atoms with Gasteiger partial charge in [0, 0.05) is 18.9 Å². The van der Waals surface area contributed by atoms with Crippen molar-refractivity contribution in [1.29, 1.82) is 10.5 Å². The van der Waals surface area contributed by atoms with Crippen LogP contribution < -0.4 is 10.1 Å². The van der Waals surface area contributed by atoms with E-state index in [-0.39, 0.29) is 5.56 Å². The quantitative estimate of drug-likeness (QED) is 0.297. The first-order chi connectivity index (χ1) is 17.9. The summed E-state index contributed by atoms with van der Waals surface area (Å²) in [5.74, 6) is 0.860. The number of anilines is 2. The monoisotopic (exact) mass is 488 g/mol. The molecular formula is C29H21FN6O. The minimum atomic E-state index is -0.541. The zero-order valence-electron chi connectivity index (χ0n) is 20.4. The Kier molecular flexibility index (Phi) is 6.01. The molecule has 0 atom stereocenters. The number of halogens is 1. The molecule has 0 radical (unpaired) electrons. The maximum atomic E-state index is 13.8. The van der Waals surface area contributed by atoms with E-state index in [9.17, 15) is 9.65 Å². The summed E-state index contributed by atoms with van der Waals surface area (Å²) in [6.45, 7) is 3.86. The van der Waals surface area contributed by atoms with Gasteiger partial charge in [0.15, 0.2) is 0 Å². The van der Waals surface area contributed by atoms with Gasteiger partial charge in [0.05, 0.1) is 22.7 Å². The Morgan fingerprint density at radius 2 is 1.62 bits per heavy atom. The van der Waals surface area contributed by atoms with Crippen LogP contribution in [-0.4, -0.2) is 14.5 Å². The summed E-state index contributed by atoms with van der Waals surface area (Å²) in [5.41, 5.74) is 6.09. The normalized spacial score (nSPS) is 10.6. The smallest absolute Gasteiger partial charge is 0.249 e. The molecule has 3 aromatic carbocycles. The molecule has 0 unspecified atom stereocenters. The van der Waals surface area contributed by atoms with Gasteiger partial charge in [0.2, 0.25) is 11.8 Å². The molecule has 0 spiro atoms. The number of rotatable bonds is 5. The van der Waals surface area contributed by atoms with Gasteiger partial charge in [-0.05, 0) is 90.7 Å². The molecule has 2 heterocycles. The molecule has 0 fully saturated rings. The van der Waals surface area contributed by atoms with Gasteiger partial charge in [-0.25, -0.2) is 9.37 Å². The van der Waals surface area contributed by atoms with Gasteiger partial charge in [0.1, 0.15) is 23.2 Å². The van der Waals surface area contributed by atoms with Crippen molar-refractivity contribution in [3.05, 3.63) is 94.9 Å². The van der Waals surface area contributed by atoms with Crippen LogP contribution in [0.2, 0.25) is 0 Å². The average molecular weight is 489 g/mol. The van der Waals surface area contributed by atoms with Crippen LogP contribution in [0.25, 0.3) is 22.2 Å². The number of nitriles is 2. The number of benzene rings is 3. The van der Waals surface area contributed by atoms with E-state index < -0.39 is 5.82 Å². The number of aryl methyl sites for hydroxylation is 3. The standard InChI is InChI=1S/C29H21FN6O/c1-17-12-21(20-6-9-24(30)22(14-20)16-32)13-18(2)27(17)37-28-26-25(10-11-36(26)3)34-29(35-28)33-23-7-4-19(15-31)5-8-23/h4-14H,1-3H3,(H,33,34,35). The maximum absolute atomic E-state index is 13.8. The van der Waals surface area contributed by atoms with E-state index in [4.69, 9.17) is 10.00 Å². The molecule has 0 saturated heterocycles. The molecule has 2 aromatic heterocycles. The average Bonchev–Trinajstić information content (AvgIpc) is 3.27. The molecule has 180 valence electrons. The lowest BCUT2D eigenvalue weighted by molar-refractivity contribution is 0.459. The molecule has 5 aromatic rings. The highest BCUT2D eigenvalue weighted by atomic mass is 19.1. The van der Waals surface area contributed by atoms with Crippen LogP contribution in [-0.2, 0) is 7.05 Å². The lowest BCUT2D eigenvalue weighted by atomic mass is 9.98. The van der Waals surface area contributed by atoms with E-state index in [0.29, 0.717) is 28.7 Å². The minimum absolute atomic E-state index is 0.00233. The molecule has 0 amide bonds. The van der Waals surface area contributed by atoms with Crippen LogP contribution in [0.4, 0.5) is 16.0 Å². The van der Waals surface area contributed by atoms with Gasteiger partial charge in [0.25, 0.3) is 0 Å². The Hall–Kier alpha value is -5.21. The fourth-order valence-corrected chi connectivity index (χ4v) is 4.20. The Labute approximate surface area is 213 Å². The Morgan fingerprint density at radius 3 is 2.30 bits per heavy atom. The summed E-state index contributed by atoms with van der Waals surface area (Å²) in [4.78, 5) is 9.27. The fourth-order valence-electron chi connectivity index (χ4n) is 4.20. The van der Waals surface area contributed by atoms with Crippen LogP contribution in [0.3, 0.4) is 0 Å². The number of hydrogen-bond acceptors (Lipinski definition) is 6. The van der Waals surface area contributed by atoms with Crippen molar-refractivity contribution in [2.24, 2.45) is 7.05 Å². The van der Waals surface area contributed by atoms with Crippen molar-refractivity contribution in [3.8, 4) is 34.9 Å². The van der Waals surface area contributed by atoms with Gasteiger partial charge >= 0.3 is 0 Å². The molecular weight excluding hydrogens is 467 g/mol. The lowest BCUT2D eigenvalue weighted by Crippen LogP contribution is -2.02. The van der Waals surface area contributed by atoms with Crippen LogP contribution in [0, 0.1) is 42.3 Å². The topological polar surface area (TPSA) is 99.5 Å². The van der Waals surface area contributed by atoms with Crippen LogP contribution >= 0.6 is 0 Å². The second-order valence-electron chi connectivity index (χ2n) is 8.67. The molecule has 1 N–H and O–H groups in total. The SMILES string of the molecule is Cc1cc(-c2ccc(F)c(C#N)c2)cc(C)c1Oc1nc(Nc2ccc(C#N)cc2)nc2ccn(C)c12. The van der Waals surface area contributed by atoms with Gasteiger partial charge in [-0.1, -0.05) is 6.07 Å². The highest BCUT2D eigenvalue weighted by Crippen LogP contribution is 2.36. The highest BCUT2D eigenvalue weighted by molar-refractivity contribution is 5.83. The second-order valence-corrected chi connectivity index (χ2v) is 8.67.